The van der Waals surface area contributed by atoms with E-state index in [-0.39, 0.29) is 17.9 Å². The molecule has 3 aromatic rings. The number of carbonyl (C=O) groups is 2. The average Bonchev–Trinajstić information content (AvgIpc) is 3.23. The van der Waals surface area contributed by atoms with E-state index in [1.165, 1.54) is 17.4 Å². The number of para-hydroxylation sites is 1. The first-order chi connectivity index (χ1) is 16.4. The van der Waals surface area contributed by atoms with Crippen LogP contribution in [0.25, 0.3) is 0 Å². The molecule has 1 aliphatic rings. The van der Waals surface area contributed by atoms with Gasteiger partial charge in [0.1, 0.15) is 0 Å². The summed E-state index contributed by atoms with van der Waals surface area (Å²) in [7, 11) is 1.86. The number of rotatable bonds is 7. The Labute approximate surface area is 204 Å². The highest BCUT2D eigenvalue weighted by molar-refractivity contribution is 7.99. The minimum atomic E-state index is -0.319. The molecule has 2 aromatic carbocycles. The van der Waals surface area contributed by atoms with E-state index in [0.29, 0.717) is 35.4 Å². The molecule has 9 heteroatoms. The molecular weight excluding hydrogens is 448 g/mol. The number of piperazine rings is 1. The minimum Gasteiger partial charge on any atom is -0.368 e. The summed E-state index contributed by atoms with van der Waals surface area (Å²) >= 11 is 1.37. The Balaban J connectivity index is 1.29. The Bertz CT molecular complexity index is 1140. The Morgan fingerprint density at radius 1 is 1.00 bits per heavy atom. The molecule has 1 saturated heterocycles. The number of carbonyl (C=O) groups excluding carboxylic acids is 2. The molecule has 1 aliphatic heterocycles. The standard InChI is InChI=1S/C25H30N6O2S/c1-18-9-7-8-12-21(18)24(33)26-19(2)23-27-28-25(29(23)3)34-17-22(32)31-15-13-30(14-16-31)20-10-5-4-6-11-20/h4-12,19H,13-17H2,1-3H3,(H,26,33)/t19-/m0/s1. The van der Waals surface area contributed by atoms with Crippen LogP contribution in [0.15, 0.2) is 59.8 Å². The summed E-state index contributed by atoms with van der Waals surface area (Å²) in [6.07, 6.45) is 0. The van der Waals surface area contributed by atoms with Crippen molar-refractivity contribution in [3.8, 4) is 0 Å². The molecule has 0 spiro atoms. The Kier molecular flexibility index (Phi) is 7.52. The fourth-order valence-corrected chi connectivity index (χ4v) is 4.89. The summed E-state index contributed by atoms with van der Waals surface area (Å²) < 4.78 is 1.84. The molecule has 1 aromatic heterocycles. The van der Waals surface area contributed by atoms with Gasteiger partial charge < -0.3 is 19.7 Å². The second-order valence-corrected chi connectivity index (χ2v) is 9.34. The van der Waals surface area contributed by atoms with Crippen LogP contribution < -0.4 is 10.2 Å². The maximum atomic E-state index is 12.8. The topological polar surface area (TPSA) is 83.4 Å². The summed E-state index contributed by atoms with van der Waals surface area (Å²) in [5, 5.41) is 12.2. The van der Waals surface area contributed by atoms with Crippen molar-refractivity contribution in [3.63, 3.8) is 0 Å². The summed E-state index contributed by atoms with van der Waals surface area (Å²) in [6.45, 7) is 6.86. The quantitative estimate of drug-likeness (QED) is 0.526. The van der Waals surface area contributed by atoms with Crippen molar-refractivity contribution < 1.29 is 9.59 Å². The predicted molar refractivity (Wildman–Crippen MR) is 134 cm³/mol. The smallest absolute Gasteiger partial charge is 0.252 e. The third-order valence-corrected chi connectivity index (χ3v) is 7.08. The number of hydrogen-bond acceptors (Lipinski definition) is 6. The third-order valence-electron chi connectivity index (χ3n) is 6.07. The van der Waals surface area contributed by atoms with Gasteiger partial charge in [0.05, 0.1) is 11.8 Å². The van der Waals surface area contributed by atoms with E-state index in [2.05, 4.69) is 32.5 Å². The normalized spacial score (nSPS) is 14.7. The molecular formula is C25H30N6O2S. The van der Waals surface area contributed by atoms with Crippen LogP contribution in [-0.4, -0.2) is 63.4 Å². The Morgan fingerprint density at radius 2 is 1.68 bits per heavy atom. The lowest BCUT2D eigenvalue weighted by atomic mass is 10.1. The summed E-state index contributed by atoms with van der Waals surface area (Å²) in [5.41, 5.74) is 2.76. The third kappa shape index (κ3) is 5.41. The van der Waals surface area contributed by atoms with E-state index in [1.807, 2.05) is 66.8 Å². The highest BCUT2D eigenvalue weighted by Crippen LogP contribution is 2.21. The molecule has 2 amide bonds. The van der Waals surface area contributed by atoms with E-state index in [9.17, 15) is 9.59 Å². The SMILES string of the molecule is Cc1ccccc1C(=O)N[C@@H](C)c1nnc(SCC(=O)N2CCN(c3ccccc3)CC2)n1C. The lowest BCUT2D eigenvalue weighted by Gasteiger charge is -2.36. The molecule has 34 heavy (non-hydrogen) atoms. The van der Waals surface area contributed by atoms with Crippen LogP contribution in [0.2, 0.25) is 0 Å². The number of hydrogen-bond donors (Lipinski definition) is 1. The van der Waals surface area contributed by atoms with Crippen molar-refractivity contribution in [3.05, 3.63) is 71.5 Å². The molecule has 2 heterocycles. The number of anilines is 1. The number of aromatic nitrogens is 3. The van der Waals surface area contributed by atoms with Gasteiger partial charge in [0, 0.05) is 44.5 Å². The van der Waals surface area contributed by atoms with Crippen LogP contribution in [0, 0.1) is 6.92 Å². The molecule has 8 nitrogen and oxygen atoms in total. The van der Waals surface area contributed by atoms with E-state index in [0.717, 1.165) is 18.7 Å². The number of aryl methyl sites for hydroxylation is 1. The molecule has 4 rings (SSSR count). The summed E-state index contributed by atoms with van der Waals surface area (Å²) in [6, 6.07) is 17.4. The Hall–Kier alpha value is -3.33. The second kappa shape index (κ2) is 10.7. The van der Waals surface area contributed by atoms with Gasteiger partial charge in [0.15, 0.2) is 11.0 Å². The number of nitrogens with zero attached hydrogens (tertiary/aromatic N) is 5. The monoisotopic (exact) mass is 478 g/mol. The fourth-order valence-electron chi connectivity index (χ4n) is 4.07. The van der Waals surface area contributed by atoms with Crippen molar-refractivity contribution in [1.82, 2.24) is 25.0 Å². The van der Waals surface area contributed by atoms with E-state index in [1.54, 1.807) is 6.07 Å². The molecule has 0 aliphatic carbocycles. The number of nitrogens with one attached hydrogen (secondary N) is 1. The van der Waals surface area contributed by atoms with Gasteiger partial charge in [-0.15, -0.1) is 10.2 Å². The zero-order valence-electron chi connectivity index (χ0n) is 19.8. The molecule has 0 bridgehead atoms. The van der Waals surface area contributed by atoms with Gasteiger partial charge in [-0.05, 0) is 37.6 Å². The molecule has 1 N–H and O–H groups in total. The maximum Gasteiger partial charge on any atom is 0.252 e. The van der Waals surface area contributed by atoms with Gasteiger partial charge in [0.25, 0.3) is 5.91 Å². The van der Waals surface area contributed by atoms with Crippen molar-refractivity contribution in [2.45, 2.75) is 25.0 Å². The highest BCUT2D eigenvalue weighted by Gasteiger charge is 2.23. The number of thioether (sulfide) groups is 1. The molecule has 0 radical (unpaired) electrons. The average molecular weight is 479 g/mol. The molecule has 0 unspecified atom stereocenters. The van der Waals surface area contributed by atoms with Gasteiger partial charge in [-0.3, -0.25) is 9.59 Å². The Morgan fingerprint density at radius 3 is 2.38 bits per heavy atom. The van der Waals surface area contributed by atoms with Crippen LogP contribution in [-0.2, 0) is 11.8 Å². The maximum absolute atomic E-state index is 12.8. The lowest BCUT2D eigenvalue weighted by molar-refractivity contribution is -0.128. The van der Waals surface area contributed by atoms with Crippen molar-refractivity contribution in [2.24, 2.45) is 7.05 Å². The molecule has 0 saturated carbocycles. The number of benzene rings is 2. The van der Waals surface area contributed by atoms with Gasteiger partial charge in [-0.25, -0.2) is 0 Å². The van der Waals surface area contributed by atoms with Crippen LogP contribution in [0.1, 0.15) is 34.7 Å². The van der Waals surface area contributed by atoms with E-state index < -0.39 is 0 Å². The first-order valence-electron chi connectivity index (χ1n) is 11.4. The van der Waals surface area contributed by atoms with Crippen molar-refractivity contribution in [2.75, 3.05) is 36.8 Å². The summed E-state index contributed by atoms with van der Waals surface area (Å²) in [4.78, 5) is 29.6. The first kappa shape index (κ1) is 23.8. The van der Waals surface area contributed by atoms with E-state index in [4.69, 9.17) is 0 Å². The highest BCUT2D eigenvalue weighted by atomic mass is 32.2. The number of amides is 2. The zero-order valence-corrected chi connectivity index (χ0v) is 20.6. The predicted octanol–water partition coefficient (Wildman–Crippen LogP) is 3.06. The minimum absolute atomic E-state index is 0.100. The molecule has 178 valence electrons. The van der Waals surface area contributed by atoms with Crippen LogP contribution in [0.3, 0.4) is 0 Å². The van der Waals surface area contributed by atoms with Gasteiger partial charge >= 0.3 is 0 Å². The lowest BCUT2D eigenvalue weighted by Crippen LogP contribution is -2.49. The molecule has 1 atom stereocenters. The van der Waals surface area contributed by atoms with E-state index >= 15 is 0 Å². The zero-order chi connectivity index (χ0) is 24.1. The molecule has 1 fully saturated rings. The van der Waals surface area contributed by atoms with Gasteiger partial charge in [-0.1, -0.05) is 48.2 Å². The summed E-state index contributed by atoms with van der Waals surface area (Å²) in [5.74, 6) is 0.908. The van der Waals surface area contributed by atoms with Gasteiger partial charge in [0.2, 0.25) is 5.91 Å². The van der Waals surface area contributed by atoms with Crippen molar-refractivity contribution in [1.29, 1.82) is 0 Å². The van der Waals surface area contributed by atoms with Gasteiger partial charge in [-0.2, -0.15) is 0 Å². The fraction of sp³-hybridized carbons (Fsp3) is 0.360. The second-order valence-electron chi connectivity index (χ2n) is 8.40. The van der Waals surface area contributed by atoms with Crippen LogP contribution in [0.5, 0.6) is 0 Å². The first-order valence-corrected chi connectivity index (χ1v) is 12.4. The van der Waals surface area contributed by atoms with Crippen molar-refractivity contribution >= 4 is 29.3 Å². The van der Waals surface area contributed by atoms with Crippen LogP contribution in [0.4, 0.5) is 5.69 Å². The largest absolute Gasteiger partial charge is 0.368 e. The van der Waals surface area contributed by atoms with Crippen LogP contribution >= 0.6 is 11.8 Å².